The smallest absolute Gasteiger partial charge is 0.317 e. The van der Waals surface area contributed by atoms with E-state index in [9.17, 15) is 9.90 Å². The lowest BCUT2D eigenvalue weighted by atomic mass is 9.92. The van der Waals surface area contributed by atoms with Gasteiger partial charge in [-0.3, -0.25) is 0 Å². The topological polar surface area (TPSA) is 52.6 Å². The number of hydrogen-bond acceptors (Lipinski definition) is 2. The number of rotatable bonds is 4. The van der Waals surface area contributed by atoms with Crippen LogP contribution in [0.15, 0.2) is 24.3 Å². The first-order valence-corrected chi connectivity index (χ1v) is 8.42. The minimum Gasteiger partial charge on any atom is -0.391 e. The molecule has 2 N–H and O–H groups in total. The molecule has 0 saturated heterocycles. The number of aliphatic hydroxyl groups excluding tert-OH is 1. The summed E-state index contributed by atoms with van der Waals surface area (Å²) in [4.78, 5) is 14.0. The molecule has 0 aliphatic heterocycles. The average Bonchev–Trinajstić information content (AvgIpc) is 3.42. The largest absolute Gasteiger partial charge is 0.391 e. The number of hydrogen-bond donors (Lipinski definition) is 2. The number of nitrogens with zero attached hydrogens (tertiary/aromatic N) is 1. The molecule has 22 heavy (non-hydrogen) atoms. The Morgan fingerprint density at radius 3 is 2.91 bits per heavy atom. The fourth-order valence-electron chi connectivity index (χ4n) is 4.01. The fraction of sp³-hybridized carbons (Fsp3) is 0.611. The van der Waals surface area contributed by atoms with Crippen molar-refractivity contribution in [1.29, 1.82) is 0 Å². The van der Waals surface area contributed by atoms with Gasteiger partial charge in [0, 0.05) is 25.6 Å². The SMILES string of the molecule is CN(CC(O)C1CC1)C(=O)NC1C2CCc3ccccc3C21. The van der Waals surface area contributed by atoms with Crippen molar-refractivity contribution in [3.8, 4) is 0 Å². The number of nitrogens with one attached hydrogen (secondary N) is 1. The summed E-state index contributed by atoms with van der Waals surface area (Å²) in [7, 11) is 1.78. The molecule has 4 nitrogen and oxygen atoms in total. The third kappa shape index (κ3) is 2.50. The molecule has 118 valence electrons. The van der Waals surface area contributed by atoms with Gasteiger partial charge in [0.1, 0.15) is 0 Å². The van der Waals surface area contributed by atoms with E-state index >= 15 is 0 Å². The minimum absolute atomic E-state index is 0.0448. The van der Waals surface area contributed by atoms with Crippen molar-refractivity contribution in [1.82, 2.24) is 10.2 Å². The second-order valence-corrected chi connectivity index (χ2v) is 7.19. The molecule has 4 atom stereocenters. The van der Waals surface area contributed by atoms with Gasteiger partial charge in [0.05, 0.1) is 6.10 Å². The molecular weight excluding hydrogens is 276 g/mol. The summed E-state index contributed by atoms with van der Waals surface area (Å²) in [5.41, 5.74) is 2.86. The van der Waals surface area contributed by atoms with Gasteiger partial charge in [-0.25, -0.2) is 4.79 Å². The maximum atomic E-state index is 12.3. The zero-order valence-corrected chi connectivity index (χ0v) is 13.0. The summed E-state index contributed by atoms with van der Waals surface area (Å²) in [6.07, 6.45) is 4.12. The highest BCUT2D eigenvalue weighted by molar-refractivity contribution is 5.75. The van der Waals surface area contributed by atoms with Gasteiger partial charge in [0.2, 0.25) is 0 Å². The van der Waals surface area contributed by atoms with Crippen LogP contribution in [-0.4, -0.2) is 41.8 Å². The number of carbonyl (C=O) groups is 1. The van der Waals surface area contributed by atoms with Gasteiger partial charge in [-0.15, -0.1) is 0 Å². The monoisotopic (exact) mass is 300 g/mol. The first-order chi connectivity index (χ1) is 10.6. The average molecular weight is 300 g/mol. The molecule has 3 aliphatic rings. The van der Waals surface area contributed by atoms with Crippen LogP contribution in [0.3, 0.4) is 0 Å². The Labute approximate surface area is 131 Å². The normalized spacial score (nSPS) is 30.0. The van der Waals surface area contributed by atoms with E-state index in [1.807, 2.05) is 0 Å². The van der Waals surface area contributed by atoms with Crippen LogP contribution in [0.2, 0.25) is 0 Å². The molecular formula is C18H24N2O2. The predicted octanol–water partition coefficient (Wildman–Crippen LogP) is 2.13. The Kier molecular flexibility index (Phi) is 3.37. The van der Waals surface area contributed by atoms with E-state index in [1.54, 1.807) is 11.9 Å². The van der Waals surface area contributed by atoms with Crippen molar-refractivity contribution in [3.63, 3.8) is 0 Å². The van der Waals surface area contributed by atoms with E-state index < -0.39 is 0 Å². The molecule has 1 aromatic rings. The Morgan fingerprint density at radius 2 is 2.14 bits per heavy atom. The maximum absolute atomic E-state index is 12.3. The van der Waals surface area contributed by atoms with Crippen LogP contribution in [0, 0.1) is 11.8 Å². The Balaban J connectivity index is 1.36. The van der Waals surface area contributed by atoms with Crippen LogP contribution in [0.5, 0.6) is 0 Å². The number of urea groups is 1. The molecule has 4 rings (SSSR count). The van der Waals surface area contributed by atoms with Crippen molar-refractivity contribution < 1.29 is 9.90 Å². The highest BCUT2D eigenvalue weighted by Gasteiger charge is 2.54. The molecule has 0 spiro atoms. The van der Waals surface area contributed by atoms with E-state index in [0.29, 0.717) is 24.3 Å². The number of aryl methyl sites for hydroxylation is 1. The first kappa shape index (κ1) is 14.1. The second-order valence-electron chi connectivity index (χ2n) is 7.19. The molecule has 1 aromatic carbocycles. The summed E-state index contributed by atoms with van der Waals surface area (Å²) in [5.74, 6) is 1.50. The van der Waals surface area contributed by atoms with Crippen LogP contribution in [-0.2, 0) is 6.42 Å². The number of likely N-dealkylation sites (N-methyl/N-ethyl adjacent to an activating group) is 1. The molecule has 0 heterocycles. The van der Waals surface area contributed by atoms with Crippen molar-refractivity contribution in [2.45, 2.75) is 43.7 Å². The van der Waals surface area contributed by atoms with Gasteiger partial charge in [0.15, 0.2) is 0 Å². The number of fused-ring (bicyclic) bond motifs is 3. The minimum atomic E-state index is -0.363. The molecule has 2 amide bonds. The highest BCUT2D eigenvalue weighted by Crippen LogP contribution is 2.54. The highest BCUT2D eigenvalue weighted by atomic mass is 16.3. The Hall–Kier alpha value is -1.55. The van der Waals surface area contributed by atoms with Crippen molar-refractivity contribution in [2.24, 2.45) is 11.8 Å². The molecule has 4 heteroatoms. The van der Waals surface area contributed by atoms with E-state index in [4.69, 9.17) is 0 Å². The fourth-order valence-corrected chi connectivity index (χ4v) is 4.01. The van der Waals surface area contributed by atoms with E-state index in [-0.39, 0.29) is 18.2 Å². The van der Waals surface area contributed by atoms with Gasteiger partial charge in [-0.1, -0.05) is 24.3 Å². The third-order valence-electron chi connectivity index (χ3n) is 5.59. The lowest BCUT2D eigenvalue weighted by Crippen LogP contribution is -2.43. The number of carbonyl (C=O) groups excluding carboxylic acids is 1. The number of benzene rings is 1. The first-order valence-electron chi connectivity index (χ1n) is 8.42. The van der Waals surface area contributed by atoms with Gasteiger partial charge in [0.25, 0.3) is 0 Å². The molecule has 3 aliphatic carbocycles. The van der Waals surface area contributed by atoms with E-state index in [2.05, 4.69) is 29.6 Å². The predicted molar refractivity (Wildman–Crippen MR) is 84.7 cm³/mol. The molecule has 0 aromatic heterocycles. The summed E-state index contributed by atoms with van der Waals surface area (Å²) in [6, 6.07) is 8.84. The summed E-state index contributed by atoms with van der Waals surface area (Å²) >= 11 is 0. The standard InChI is InChI=1S/C18H24N2O2/c1-20(10-15(21)12-6-7-12)18(22)19-17-14-9-8-11-4-2-3-5-13(11)16(14)17/h2-5,12,14-17,21H,6-10H2,1H3,(H,19,22). The van der Waals surface area contributed by atoms with E-state index in [0.717, 1.165) is 19.3 Å². The van der Waals surface area contributed by atoms with Crippen molar-refractivity contribution in [3.05, 3.63) is 35.4 Å². The molecule has 2 saturated carbocycles. The third-order valence-corrected chi connectivity index (χ3v) is 5.59. The zero-order chi connectivity index (χ0) is 15.3. The quantitative estimate of drug-likeness (QED) is 0.895. The zero-order valence-electron chi connectivity index (χ0n) is 13.0. The Bertz CT molecular complexity index is 584. The van der Waals surface area contributed by atoms with E-state index in [1.165, 1.54) is 17.5 Å². The second kappa shape index (κ2) is 5.27. The molecule has 2 fully saturated rings. The number of amides is 2. The van der Waals surface area contributed by atoms with Crippen LogP contribution < -0.4 is 5.32 Å². The summed E-state index contributed by atoms with van der Waals surface area (Å²) in [5, 5.41) is 13.1. The van der Waals surface area contributed by atoms with Crippen molar-refractivity contribution in [2.75, 3.05) is 13.6 Å². The molecule has 0 radical (unpaired) electrons. The molecule has 4 unspecified atom stereocenters. The van der Waals surface area contributed by atoms with Crippen LogP contribution in [0.4, 0.5) is 4.79 Å². The summed E-state index contributed by atoms with van der Waals surface area (Å²) in [6.45, 7) is 0.440. The van der Waals surface area contributed by atoms with Crippen LogP contribution >= 0.6 is 0 Å². The Morgan fingerprint density at radius 1 is 1.36 bits per heavy atom. The van der Waals surface area contributed by atoms with Gasteiger partial charge in [-0.2, -0.15) is 0 Å². The molecule has 0 bridgehead atoms. The van der Waals surface area contributed by atoms with Gasteiger partial charge in [-0.05, 0) is 48.6 Å². The van der Waals surface area contributed by atoms with Crippen LogP contribution in [0.25, 0.3) is 0 Å². The maximum Gasteiger partial charge on any atom is 0.317 e. The number of aliphatic hydroxyl groups is 1. The lowest BCUT2D eigenvalue weighted by Gasteiger charge is -2.21. The lowest BCUT2D eigenvalue weighted by molar-refractivity contribution is 0.113. The van der Waals surface area contributed by atoms with Crippen LogP contribution in [0.1, 0.15) is 36.3 Å². The van der Waals surface area contributed by atoms with Gasteiger partial charge < -0.3 is 15.3 Å². The van der Waals surface area contributed by atoms with Gasteiger partial charge >= 0.3 is 6.03 Å². The summed E-state index contributed by atoms with van der Waals surface area (Å²) < 4.78 is 0. The van der Waals surface area contributed by atoms with Crippen molar-refractivity contribution >= 4 is 6.03 Å².